The monoisotopic (exact) mass is 334 g/mol. The summed E-state index contributed by atoms with van der Waals surface area (Å²) < 4.78 is 32.6. The van der Waals surface area contributed by atoms with Crippen molar-refractivity contribution in [2.24, 2.45) is 0 Å². The van der Waals surface area contributed by atoms with Crippen LogP contribution in [0.4, 0.5) is 11.4 Å². The lowest BCUT2D eigenvalue weighted by Crippen LogP contribution is -2.13. The van der Waals surface area contributed by atoms with Crippen LogP contribution in [-0.4, -0.2) is 20.9 Å². The minimum Gasteiger partial charge on any atom is -0.494 e. The van der Waals surface area contributed by atoms with Gasteiger partial charge in [-0.25, -0.2) is 8.42 Å². The first-order valence-electron chi connectivity index (χ1n) is 7.04. The standard InChI is InChI=1S/C16H18N2O4S/c1-3-22-15-6-4-5-14(11-15)18-23(20,21)16-9-7-13(8-10-16)17-12(2)19/h4-11,18H,3H2,1-2H3,(H,17,19). The van der Waals surface area contributed by atoms with Crippen molar-refractivity contribution < 1.29 is 17.9 Å². The molecule has 2 aromatic rings. The second-order valence-corrected chi connectivity index (χ2v) is 6.45. The highest BCUT2D eigenvalue weighted by Crippen LogP contribution is 2.21. The molecule has 7 heteroatoms. The lowest BCUT2D eigenvalue weighted by atomic mass is 10.3. The quantitative estimate of drug-likeness (QED) is 0.851. The molecule has 0 spiro atoms. The molecule has 0 bridgehead atoms. The number of sulfonamides is 1. The highest BCUT2D eigenvalue weighted by molar-refractivity contribution is 7.92. The van der Waals surface area contributed by atoms with Crippen molar-refractivity contribution in [3.8, 4) is 5.75 Å². The molecular weight excluding hydrogens is 316 g/mol. The van der Waals surface area contributed by atoms with Crippen LogP contribution in [0.25, 0.3) is 0 Å². The summed E-state index contributed by atoms with van der Waals surface area (Å²) in [7, 11) is -3.71. The fourth-order valence-electron chi connectivity index (χ4n) is 1.95. The van der Waals surface area contributed by atoms with Gasteiger partial charge in [0.15, 0.2) is 0 Å². The topological polar surface area (TPSA) is 84.5 Å². The molecule has 0 aliphatic heterocycles. The molecule has 2 N–H and O–H groups in total. The Morgan fingerprint density at radius 2 is 1.78 bits per heavy atom. The molecule has 2 rings (SSSR count). The maximum absolute atomic E-state index is 12.4. The van der Waals surface area contributed by atoms with Crippen molar-refractivity contribution in [3.05, 3.63) is 48.5 Å². The molecule has 0 saturated carbocycles. The predicted molar refractivity (Wildman–Crippen MR) is 89.2 cm³/mol. The Balaban J connectivity index is 2.18. The summed E-state index contributed by atoms with van der Waals surface area (Å²) in [6.45, 7) is 3.74. The van der Waals surface area contributed by atoms with Crippen LogP contribution in [-0.2, 0) is 14.8 Å². The van der Waals surface area contributed by atoms with Crippen molar-refractivity contribution in [2.75, 3.05) is 16.6 Å². The largest absolute Gasteiger partial charge is 0.494 e. The van der Waals surface area contributed by atoms with Gasteiger partial charge in [0.25, 0.3) is 10.0 Å². The maximum Gasteiger partial charge on any atom is 0.261 e. The van der Waals surface area contributed by atoms with Crippen LogP contribution in [0, 0.1) is 0 Å². The molecular formula is C16H18N2O4S. The first kappa shape index (κ1) is 16.8. The van der Waals surface area contributed by atoms with Crippen LogP contribution in [0.3, 0.4) is 0 Å². The molecule has 0 unspecified atom stereocenters. The summed E-state index contributed by atoms with van der Waals surface area (Å²) in [4.78, 5) is 11.1. The molecule has 0 fully saturated rings. The highest BCUT2D eigenvalue weighted by Gasteiger charge is 2.14. The number of carbonyl (C=O) groups is 1. The zero-order valence-electron chi connectivity index (χ0n) is 12.9. The van der Waals surface area contributed by atoms with Crippen LogP contribution < -0.4 is 14.8 Å². The number of nitrogens with one attached hydrogen (secondary N) is 2. The zero-order chi connectivity index (χ0) is 16.9. The van der Waals surface area contributed by atoms with E-state index in [4.69, 9.17) is 4.74 Å². The van der Waals surface area contributed by atoms with E-state index in [0.717, 1.165) is 0 Å². The van der Waals surface area contributed by atoms with Crippen LogP contribution in [0.1, 0.15) is 13.8 Å². The van der Waals surface area contributed by atoms with Gasteiger partial charge < -0.3 is 10.1 Å². The number of ether oxygens (including phenoxy) is 1. The highest BCUT2D eigenvalue weighted by atomic mass is 32.2. The predicted octanol–water partition coefficient (Wildman–Crippen LogP) is 2.84. The summed E-state index contributed by atoms with van der Waals surface area (Å²) in [5, 5.41) is 2.58. The van der Waals surface area contributed by atoms with Gasteiger partial charge in [-0.2, -0.15) is 0 Å². The second-order valence-electron chi connectivity index (χ2n) is 4.77. The van der Waals surface area contributed by atoms with Crippen molar-refractivity contribution in [1.82, 2.24) is 0 Å². The third kappa shape index (κ3) is 4.72. The number of amides is 1. The van der Waals surface area contributed by atoms with Crippen LogP contribution in [0.15, 0.2) is 53.4 Å². The number of hydrogen-bond acceptors (Lipinski definition) is 4. The Bertz CT molecular complexity index is 786. The average molecular weight is 334 g/mol. The Kier molecular flexibility index (Phi) is 5.23. The van der Waals surface area contributed by atoms with Gasteiger partial charge in [0.05, 0.1) is 17.2 Å². The summed E-state index contributed by atoms with van der Waals surface area (Å²) >= 11 is 0. The second kappa shape index (κ2) is 7.15. The molecule has 0 saturated heterocycles. The maximum atomic E-state index is 12.4. The minimum absolute atomic E-state index is 0.105. The molecule has 0 aliphatic rings. The molecule has 0 radical (unpaired) electrons. The molecule has 0 atom stereocenters. The smallest absolute Gasteiger partial charge is 0.261 e. The van der Waals surface area contributed by atoms with E-state index in [1.807, 2.05) is 6.92 Å². The van der Waals surface area contributed by atoms with Crippen molar-refractivity contribution in [3.63, 3.8) is 0 Å². The Hall–Kier alpha value is -2.54. The lowest BCUT2D eigenvalue weighted by Gasteiger charge is -2.10. The van der Waals surface area contributed by atoms with Crippen molar-refractivity contribution >= 4 is 27.3 Å². The minimum atomic E-state index is -3.71. The summed E-state index contributed by atoms with van der Waals surface area (Å²) in [5.41, 5.74) is 0.955. The van der Waals surface area contributed by atoms with Gasteiger partial charge in [-0.1, -0.05) is 6.07 Å². The summed E-state index contributed by atoms with van der Waals surface area (Å²) in [6, 6.07) is 12.7. The fraction of sp³-hybridized carbons (Fsp3) is 0.188. The van der Waals surface area contributed by atoms with E-state index in [9.17, 15) is 13.2 Å². The van der Waals surface area contributed by atoms with Gasteiger partial charge in [-0.05, 0) is 43.3 Å². The number of rotatable bonds is 6. The van der Waals surface area contributed by atoms with Crippen LogP contribution in [0.5, 0.6) is 5.75 Å². The van der Waals surface area contributed by atoms with E-state index >= 15 is 0 Å². The van der Waals surface area contributed by atoms with Gasteiger partial charge in [-0.15, -0.1) is 0 Å². The average Bonchev–Trinajstić information content (AvgIpc) is 2.47. The number of anilines is 2. The van der Waals surface area contributed by atoms with E-state index < -0.39 is 10.0 Å². The van der Waals surface area contributed by atoms with E-state index in [1.54, 1.807) is 24.3 Å². The SMILES string of the molecule is CCOc1cccc(NS(=O)(=O)c2ccc(NC(C)=O)cc2)c1. The van der Waals surface area contributed by atoms with Gasteiger partial charge in [0, 0.05) is 18.7 Å². The molecule has 0 heterocycles. The molecule has 6 nitrogen and oxygen atoms in total. The number of carbonyl (C=O) groups excluding carboxylic acids is 1. The molecule has 2 aromatic carbocycles. The first-order chi connectivity index (χ1) is 10.9. The van der Waals surface area contributed by atoms with E-state index in [2.05, 4.69) is 10.0 Å². The van der Waals surface area contributed by atoms with Crippen molar-refractivity contribution in [1.29, 1.82) is 0 Å². The molecule has 1 amide bonds. The van der Waals surface area contributed by atoms with Gasteiger partial charge in [0.2, 0.25) is 5.91 Å². The summed E-state index contributed by atoms with van der Waals surface area (Å²) in [6.07, 6.45) is 0. The fourth-order valence-corrected chi connectivity index (χ4v) is 3.00. The molecule has 0 aliphatic carbocycles. The van der Waals surface area contributed by atoms with Crippen LogP contribution >= 0.6 is 0 Å². The number of benzene rings is 2. The van der Waals surface area contributed by atoms with Gasteiger partial charge >= 0.3 is 0 Å². The molecule has 122 valence electrons. The first-order valence-corrected chi connectivity index (χ1v) is 8.52. The van der Waals surface area contributed by atoms with E-state index in [-0.39, 0.29) is 10.8 Å². The third-order valence-electron chi connectivity index (χ3n) is 2.88. The van der Waals surface area contributed by atoms with Gasteiger partial charge in [-0.3, -0.25) is 9.52 Å². The Morgan fingerprint density at radius 1 is 1.09 bits per heavy atom. The third-order valence-corrected chi connectivity index (χ3v) is 4.28. The number of hydrogen-bond donors (Lipinski definition) is 2. The van der Waals surface area contributed by atoms with Crippen LogP contribution in [0.2, 0.25) is 0 Å². The molecule has 0 aromatic heterocycles. The summed E-state index contributed by atoms with van der Waals surface area (Å²) in [5.74, 6) is 0.375. The van der Waals surface area contributed by atoms with Gasteiger partial charge in [0.1, 0.15) is 5.75 Å². The van der Waals surface area contributed by atoms with E-state index in [0.29, 0.717) is 23.7 Å². The Labute approximate surface area is 135 Å². The Morgan fingerprint density at radius 3 is 2.39 bits per heavy atom. The zero-order valence-corrected chi connectivity index (χ0v) is 13.7. The van der Waals surface area contributed by atoms with Crippen molar-refractivity contribution in [2.45, 2.75) is 18.7 Å². The lowest BCUT2D eigenvalue weighted by molar-refractivity contribution is -0.114. The normalized spacial score (nSPS) is 10.9. The molecule has 23 heavy (non-hydrogen) atoms. The van der Waals surface area contributed by atoms with E-state index in [1.165, 1.54) is 31.2 Å².